The van der Waals surface area contributed by atoms with Gasteiger partial charge in [-0.25, -0.2) is 13.9 Å². The summed E-state index contributed by atoms with van der Waals surface area (Å²) < 4.78 is 20.1. The molecule has 6 nitrogen and oxygen atoms in total. The van der Waals surface area contributed by atoms with Crippen LogP contribution < -0.4 is 10.6 Å². The Labute approximate surface area is 146 Å². The van der Waals surface area contributed by atoms with Gasteiger partial charge in [-0.2, -0.15) is 5.10 Å². The molecule has 0 unspecified atom stereocenters. The number of halogens is 1. The van der Waals surface area contributed by atoms with Gasteiger partial charge in [-0.3, -0.25) is 0 Å². The van der Waals surface area contributed by atoms with Gasteiger partial charge in [-0.1, -0.05) is 0 Å². The van der Waals surface area contributed by atoms with E-state index < -0.39 is 0 Å². The number of carbonyl (C=O) groups is 1. The zero-order valence-corrected chi connectivity index (χ0v) is 14.5. The number of nitrogens with one attached hydrogen (secondary N) is 2. The van der Waals surface area contributed by atoms with E-state index in [1.54, 1.807) is 23.0 Å². The fourth-order valence-electron chi connectivity index (χ4n) is 3.03. The molecule has 0 spiro atoms. The lowest BCUT2D eigenvalue weighted by molar-refractivity contribution is 0.0800. The summed E-state index contributed by atoms with van der Waals surface area (Å²) in [6, 6.07) is 5.94. The van der Waals surface area contributed by atoms with Crippen LogP contribution in [0.25, 0.3) is 5.69 Å². The van der Waals surface area contributed by atoms with Crippen molar-refractivity contribution in [3.8, 4) is 5.69 Å². The third kappa shape index (κ3) is 4.17. The summed E-state index contributed by atoms with van der Waals surface area (Å²) in [6.07, 6.45) is 3.41. The van der Waals surface area contributed by atoms with Crippen molar-refractivity contribution in [2.45, 2.75) is 38.8 Å². The summed E-state index contributed by atoms with van der Waals surface area (Å²) in [5, 5.41) is 10.3. The molecule has 7 heteroatoms. The second-order valence-electron chi connectivity index (χ2n) is 6.30. The van der Waals surface area contributed by atoms with Crippen LogP contribution in [0.5, 0.6) is 0 Å². The van der Waals surface area contributed by atoms with Gasteiger partial charge in [0.05, 0.1) is 17.9 Å². The van der Waals surface area contributed by atoms with Crippen molar-refractivity contribution in [3.63, 3.8) is 0 Å². The highest BCUT2D eigenvalue weighted by atomic mass is 19.1. The third-order valence-corrected chi connectivity index (χ3v) is 4.49. The first-order chi connectivity index (χ1) is 12.0. The summed E-state index contributed by atoms with van der Waals surface area (Å²) in [4.78, 5) is 12.2. The van der Waals surface area contributed by atoms with Crippen molar-refractivity contribution in [1.29, 1.82) is 0 Å². The Kier molecular flexibility index (Phi) is 5.33. The van der Waals surface area contributed by atoms with E-state index in [0.29, 0.717) is 13.2 Å². The summed E-state index contributed by atoms with van der Waals surface area (Å²) in [5.74, 6) is -0.284. The smallest absolute Gasteiger partial charge is 0.315 e. The Bertz CT molecular complexity index is 723. The fourth-order valence-corrected chi connectivity index (χ4v) is 3.03. The topological polar surface area (TPSA) is 68.2 Å². The van der Waals surface area contributed by atoms with Gasteiger partial charge in [0.25, 0.3) is 0 Å². The molecule has 2 N–H and O–H groups in total. The number of amides is 2. The van der Waals surface area contributed by atoms with E-state index in [0.717, 1.165) is 29.8 Å². The Morgan fingerprint density at radius 3 is 2.68 bits per heavy atom. The molecule has 3 rings (SSSR count). The minimum atomic E-state index is -0.284. The van der Waals surface area contributed by atoms with Crippen molar-refractivity contribution in [2.24, 2.45) is 0 Å². The SMILES string of the molecule is Cc1c([C@H](C)NC(=O)NC2CCOCC2)cnn1-c1ccc(F)cc1. The summed E-state index contributed by atoms with van der Waals surface area (Å²) >= 11 is 0. The Morgan fingerprint density at radius 1 is 1.32 bits per heavy atom. The predicted molar refractivity (Wildman–Crippen MR) is 92.2 cm³/mol. The maximum absolute atomic E-state index is 13.1. The monoisotopic (exact) mass is 346 g/mol. The normalized spacial score (nSPS) is 16.4. The van der Waals surface area contributed by atoms with E-state index in [1.165, 1.54) is 12.1 Å². The van der Waals surface area contributed by atoms with Crippen molar-refractivity contribution < 1.29 is 13.9 Å². The van der Waals surface area contributed by atoms with E-state index >= 15 is 0 Å². The van der Waals surface area contributed by atoms with Crippen LogP contribution in [0.2, 0.25) is 0 Å². The van der Waals surface area contributed by atoms with Crippen LogP contribution in [-0.4, -0.2) is 35.1 Å². The molecular formula is C18H23FN4O2. The second-order valence-corrected chi connectivity index (χ2v) is 6.30. The number of ether oxygens (including phenoxy) is 1. The number of carbonyl (C=O) groups excluding carboxylic acids is 1. The largest absolute Gasteiger partial charge is 0.381 e. The second kappa shape index (κ2) is 7.65. The van der Waals surface area contributed by atoms with Gasteiger partial charge in [-0.15, -0.1) is 0 Å². The minimum absolute atomic E-state index is 0.156. The molecule has 0 bridgehead atoms. The number of aromatic nitrogens is 2. The molecule has 0 saturated carbocycles. The van der Waals surface area contributed by atoms with Gasteiger partial charge in [0, 0.05) is 30.5 Å². The number of benzene rings is 1. The molecule has 2 heterocycles. The van der Waals surface area contributed by atoms with E-state index in [9.17, 15) is 9.18 Å². The average Bonchev–Trinajstić information content (AvgIpc) is 2.98. The predicted octanol–water partition coefficient (Wildman–Crippen LogP) is 2.86. The Balaban J connectivity index is 1.65. The van der Waals surface area contributed by atoms with E-state index in [2.05, 4.69) is 15.7 Å². The first-order valence-corrected chi connectivity index (χ1v) is 8.50. The summed E-state index contributed by atoms with van der Waals surface area (Å²) in [7, 11) is 0. The van der Waals surface area contributed by atoms with Crippen LogP contribution in [0.4, 0.5) is 9.18 Å². The van der Waals surface area contributed by atoms with Crippen LogP contribution in [0.1, 0.15) is 37.1 Å². The van der Waals surface area contributed by atoms with Crippen LogP contribution in [0.3, 0.4) is 0 Å². The van der Waals surface area contributed by atoms with E-state index in [1.807, 2.05) is 13.8 Å². The van der Waals surface area contributed by atoms with Crippen molar-refractivity contribution >= 4 is 6.03 Å². The highest BCUT2D eigenvalue weighted by molar-refractivity contribution is 5.74. The molecular weight excluding hydrogens is 323 g/mol. The molecule has 25 heavy (non-hydrogen) atoms. The number of rotatable bonds is 4. The summed E-state index contributed by atoms with van der Waals surface area (Å²) in [6.45, 7) is 5.22. The summed E-state index contributed by atoms with van der Waals surface area (Å²) in [5.41, 5.74) is 2.61. The van der Waals surface area contributed by atoms with Crippen molar-refractivity contribution in [1.82, 2.24) is 20.4 Å². The number of urea groups is 1. The van der Waals surface area contributed by atoms with Crippen LogP contribution in [0, 0.1) is 12.7 Å². The van der Waals surface area contributed by atoms with Crippen LogP contribution >= 0.6 is 0 Å². The standard InChI is InChI=1S/C18H23FN4O2/c1-12(21-18(24)22-15-7-9-25-10-8-15)17-11-20-23(13(17)2)16-5-3-14(19)4-6-16/h3-6,11-12,15H,7-10H2,1-2H3,(H2,21,22,24)/t12-/m0/s1. The molecule has 134 valence electrons. The lowest BCUT2D eigenvalue weighted by Gasteiger charge is -2.24. The van der Waals surface area contributed by atoms with Gasteiger partial charge in [-0.05, 0) is 51.0 Å². The molecule has 0 aliphatic carbocycles. The number of hydrogen-bond donors (Lipinski definition) is 2. The number of nitrogens with zero attached hydrogens (tertiary/aromatic N) is 2. The molecule has 1 atom stereocenters. The van der Waals surface area contributed by atoms with Crippen molar-refractivity contribution in [2.75, 3.05) is 13.2 Å². The third-order valence-electron chi connectivity index (χ3n) is 4.49. The number of hydrogen-bond acceptors (Lipinski definition) is 3. The average molecular weight is 346 g/mol. The molecule has 1 aliphatic heterocycles. The van der Waals surface area contributed by atoms with Gasteiger partial charge in [0.1, 0.15) is 5.82 Å². The zero-order chi connectivity index (χ0) is 17.8. The van der Waals surface area contributed by atoms with E-state index in [-0.39, 0.29) is 23.9 Å². The molecule has 2 amide bonds. The maximum atomic E-state index is 13.1. The first kappa shape index (κ1) is 17.4. The molecule has 2 aromatic rings. The molecule has 1 fully saturated rings. The van der Waals surface area contributed by atoms with Gasteiger partial charge >= 0.3 is 6.03 Å². The van der Waals surface area contributed by atoms with Gasteiger partial charge in [0.15, 0.2) is 0 Å². The quantitative estimate of drug-likeness (QED) is 0.894. The Morgan fingerprint density at radius 2 is 2.00 bits per heavy atom. The Hall–Kier alpha value is -2.41. The first-order valence-electron chi connectivity index (χ1n) is 8.50. The fraction of sp³-hybridized carbons (Fsp3) is 0.444. The molecule has 1 saturated heterocycles. The highest BCUT2D eigenvalue weighted by Gasteiger charge is 2.19. The van der Waals surface area contributed by atoms with Crippen LogP contribution in [-0.2, 0) is 4.74 Å². The maximum Gasteiger partial charge on any atom is 0.315 e. The lowest BCUT2D eigenvalue weighted by Crippen LogP contribution is -2.45. The van der Waals surface area contributed by atoms with Crippen LogP contribution in [0.15, 0.2) is 30.5 Å². The highest BCUT2D eigenvalue weighted by Crippen LogP contribution is 2.20. The van der Waals surface area contributed by atoms with E-state index in [4.69, 9.17) is 4.74 Å². The molecule has 1 aromatic carbocycles. The minimum Gasteiger partial charge on any atom is -0.381 e. The van der Waals surface area contributed by atoms with Crippen molar-refractivity contribution in [3.05, 3.63) is 47.5 Å². The van der Waals surface area contributed by atoms with Gasteiger partial charge in [0.2, 0.25) is 0 Å². The zero-order valence-electron chi connectivity index (χ0n) is 14.5. The molecule has 1 aliphatic rings. The lowest BCUT2D eigenvalue weighted by atomic mass is 10.1. The molecule has 1 aromatic heterocycles. The molecule has 0 radical (unpaired) electrons. The van der Waals surface area contributed by atoms with Gasteiger partial charge < -0.3 is 15.4 Å².